The predicted molar refractivity (Wildman–Crippen MR) is 83.3 cm³/mol. The first-order valence-corrected chi connectivity index (χ1v) is 7.09. The van der Waals surface area contributed by atoms with Gasteiger partial charge < -0.3 is 10.6 Å². The van der Waals surface area contributed by atoms with Crippen molar-refractivity contribution in [3.05, 3.63) is 45.8 Å². The van der Waals surface area contributed by atoms with E-state index in [9.17, 15) is 4.79 Å². The van der Waals surface area contributed by atoms with Gasteiger partial charge in [-0.3, -0.25) is 9.78 Å². The minimum atomic E-state index is -0.302. The van der Waals surface area contributed by atoms with Gasteiger partial charge in [-0.05, 0) is 35.0 Å². The Morgan fingerprint density at radius 3 is 2.95 bits per heavy atom. The summed E-state index contributed by atoms with van der Waals surface area (Å²) >= 11 is 9.34. The molecule has 2 heterocycles. The molecule has 0 aliphatic heterocycles. The topological polar surface area (TPSA) is 66.9 Å². The number of anilines is 2. The van der Waals surface area contributed by atoms with Crippen LogP contribution in [0.25, 0.3) is 0 Å². The molecular formula is C13H12BrClN4O. The Kier molecular flexibility index (Phi) is 4.92. The van der Waals surface area contributed by atoms with E-state index in [4.69, 9.17) is 11.6 Å². The van der Waals surface area contributed by atoms with Crippen molar-refractivity contribution in [3.63, 3.8) is 0 Å². The van der Waals surface area contributed by atoms with E-state index in [1.165, 1.54) is 6.20 Å². The highest BCUT2D eigenvalue weighted by Crippen LogP contribution is 2.23. The second kappa shape index (κ2) is 6.67. The number of hydrogen-bond acceptors (Lipinski definition) is 4. The zero-order valence-electron chi connectivity index (χ0n) is 10.7. The summed E-state index contributed by atoms with van der Waals surface area (Å²) < 4.78 is 0.699. The van der Waals surface area contributed by atoms with Crippen molar-refractivity contribution in [2.75, 3.05) is 17.2 Å². The van der Waals surface area contributed by atoms with Gasteiger partial charge in [0.15, 0.2) is 0 Å². The van der Waals surface area contributed by atoms with Crippen LogP contribution in [-0.4, -0.2) is 22.4 Å². The molecule has 0 spiro atoms. The van der Waals surface area contributed by atoms with E-state index in [-0.39, 0.29) is 5.91 Å². The number of halogens is 2. The van der Waals surface area contributed by atoms with Crippen LogP contribution in [0.2, 0.25) is 5.02 Å². The fourth-order valence-corrected chi connectivity index (χ4v) is 2.10. The average molecular weight is 356 g/mol. The maximum Gasteiger partial charge on any atom is 0.257 e. The third kappa shape index (κ3) is 3.46. The van der Waals surface area contributed by atoms with E-state index in [0.717, 1.165) is 0 Å². The predicted octanol–water partition coefficient (Wildman–Crippen LogP) is 3.58. The smallest absolute Gasteiger partial charge is 0.257 e. The molecule has 0 aliphatic rings. The van der Waals surface area contributed by atoms with Crippen molar-refractivity contribution < 1.29 is 4.79 Å². The van der Waals surface area contributed by atoms with E-state index in [2.05, 4.69) is 36.5 Å². The van der Waals surface area contributed by atoms with Gasteiger partial charge in [0.2, 0.25) is 0 Å². The molecule has 5 nitrogen and oxygen atoms in total. The molecule has 0 saturated carbocycles. The van der Waals surface area contributed by atoms with Gasteiger partial charge in [0.05, 0.1) is 20.7 Å². The van der Waals surface area contributed by atoms with Crippen molar-refractivity contribution in [1.82, 2.24) is 9.97 Å². The molecule has 0 saturated heterocycles. The Hall–Kier alpha value is -1.66. The van der Waals surface area contributed by atoms with Crippen LogP contribution in [0.1, 0.15) is 17.3 Å². The summed E-state index contributed by atoms with van der Waals surface area (Å²) in [5.74, 6) is 0.305. The average Bonchev–Trinajstić information content (AvgIpc) is 2.43. The summed E-state index contributed by atoms with van der Waals surface area (Å²) in [7, 11) is 0. The highest BCUT2D eigenvalue weighted by Gasteiger charge is 2.13. The van der Waals surface area contributed by atoms with Crippen LogP contribution in [0.3, 0.4) is 0 Å². The van der Waals surface area contributed by atoms with E-state index < -0.39 is 0 Å². The van der Waals surface area contributed by atoms with Gasteiger partial charge in [-0.15, -0.1) is 0 Å². The summed E-state index contributed by atoms with van der Waals surface area (Å²) in [6.45, 7) is 2.66. The van der Waals surface area contributed by atoms with Crippen LogP contribution in [0.4, 0.5) is 11.5 Å². The number of pyridine rings is 2. The maximum atomic E-state index is 12.3. The number of carbonyl (C=O) groups is 1. The Morgan fingerprint density at radius 2 is 2.25 bits per heavy atom. The molecule has 0 aromatic carbocycles. The lowest BCUT2D eigenvalue weighted by atomic mass is 10.2. The van der Waals surface area contributed by atoms with Crippen LogP contribution < -0.4 is 10.6 Å². The molecule has 2 aromatic rings. The summed E-state index contributed by atoms with van der Waals surface area (Å²) in [6.07, 6.45) is 4.66. The molecule has 0 bridgehead atoms. The third-order valence-electron chi connectivity index (χ3n) is 2.48. The van der Waals surface area contributed by atoms with Crippen molar-refractivity contribution in [1.29, 1.82) is 0 Å². The molecule has 0 fully saturated rings. The molecule has 1 amide bonds. The fraction of sp³-hybridized carbons (Fsp3) is 0.154. The lowest BCUT2D eigenvalue weighted by molar-refractivity contribution is 0.102. The minimum Gasteiger partial charge on any atom is -0.370 e. The Labute approximate surface area is 129 Å². The number of aromatic nitrogens is 2. The van der Waals surface area contributed by atoms with Gasteiger partial charge >= 0.3 is 0 Å². The van der Waals surface area contributed by atoms with Crippen LogP contribution in [0.5, 0.6) is 0 Å². The van der Waals surface area contributed by atoms with Crippen LogP contribution in [0, 0.1) is 0 Å². The van der Waals surface area contributed by atoms with E-state index in [1.54, 1.807) is 24.5 Å². The summed E-state index contributed by atoms with van der Waals surface area (Å²) in [4.78, 5) is 20.3. The first-order chi connectivity index (χ1) is 9.61. The van der Waals surface area contributed by atoms with Gasteiger partial charge in [0, 0.05) is 25.1 Å². The number of nitrogens with zero attached hydrogens (tertiary/aromatic N) is 2. The monoisotopic (exact) mass is 354 g/mol. The van der Waals surface area contributed by atoms with Crippen molar-refractivity contribution in [2.24, 2.45) is 0 Å². The number of amides is 1. The molecule has 2 rings (SSSR count). The zero-order chi connectivity index (χ0) is 14.5. The van der Waals surface area contributed by atoms with Crippen molar-refractivity contribution >= 4 is 44.9 Å². The molecule has 104 valence electrons. The van der Waals surface area contributed by atoms with Gasteiger partial charge in [-0.2, -0.15) is 0 Å². The normalized spacial score (nSPS) is 10.2. The number of nitrogens with one attached hydrogen (secondary N) is 2. The molecule has 0 unspecified atom stereocenters. The van der Waals surface area contributed by atoms with Crippen LogP contribution in [0.15, 0.2) is 35.2 Å². The molecular weight excluding hydrogens is 344 g/mol. The van der Waals surface area contributed by atoms with Crippen LogP contribution >= 0.6 is 27.5 Å². The molecule has 0 atom stereocenters. The number of hydrogen-bond donors (Lipinski definition) is 2. The first kappa shape index (κ1) is 14.7. The Bertz CT molecular complexity index is 636. The molecule has 0 radical (unpaired) electrons. The van der Waals surface area contributed by atoms with Crippen LogP contribution in [-0.2, 0) is 0 Å². The Morgan fingerprint density at radius 1 is 1.45 bits per heavy atom. The summed E-state index contributed by atoms with van der Waals surface area (Å²) in [6, 6.07) is 3.32. The van der Waals surface area contributed by atoms with E-state index in [1.807, 2.05) is 6.92 Å². The van der Waals surface area contributed by atoms with Crippen molar-refractivity contribution in [2.45, 2.75) is 6.92 Å². The largest absolute Gasteiger partial charge is 0.370 e. The van der Waals surface area contributed by atoms with E-state index >= 15 is 0 Å². The SMILES string of the molecule is CCNc1cc(C(=O)Nc2ccncc2Br)c(Cl)cn1. The van der Waals surface area contributed by atoms with E-state index in [0.29, 0.717) is 33.1 Å². The first-order valence-electron chi connectivity index (χ1n) is 5.92. The molecule has 2 N–H and O–H groups in total. The second-order valence-corrected chi connectivity index (χ2v) is 5.15. The standard InChI is InChI=1S/C13H12BrClN4O/c1-2-17-12-5-8(10(15)7-18-12)13(20)19-11-3-4-16-6-9(11)14/h3-7H,2H2,1H3,(H,17,18)(H,16,19,20). The zero-order valence-corrected chi connectivity index (χ0v) is 13.0. The molecule has 7 heteroatoms. The third-order valence-corrected chi connectivity index (χ3v) is 3.41. The quantitative estimate of drug-likeness (QED) is 0.880. The maximum absolute atomic E-state index is 12.3. The van der Waals surface area contributed by atoms with Crippen molar-refractivity contribution in [3.8, 4) is 0 Å². The fourth-order valence-electron chi connectivity index (χ4n) is 1.56. The second-order valence-electron chi connectivity index (χ2n) is 3.89. The molecule has 2 aromatic heterocycles. The van der Waals surface area contributed by atoms with Gasteiger partial charge in [0.1, 0.15) is 5.82 Å². The van der Waals surface area contributed by atoms with Gasteiger partial charge in [-0.1, -0.05) is 11.6 Å². The Balaban J connectivity index is 2.25. The lowest BCUT2D eigenvalue weighted by Gasteiger charge is -2.09. The lowest BCUT2D eigenvalue weighted by Crippen LogP contribution is -2.14. The molecule has 20 heavy (non-hydrogen) atoms. The van der Waals surface area contributed by atoms with Gasteiger partial charge in [0.25, 0.3) is 5.91 Å². The highest BCUT2D eigenvalue weighted by molar-refractivity contribution is 9.10. The number of carbonyl (C=O) groups excluding carboxylic acids is 1. The summed E-state index contributed by atoms with van der Waals surface area (Å²) in [5, 5.41) is 6.11. The minimum absolute atomic E-state index is 0.300. The highest BCUT2D eigenvalue weighted by atomic mass is 79.9. The summed E-state index contributed by atoms with van der Waals surface area (Å²) in [5.41, 5.74) is 0.990. The molecule has 0 aliphatic carbocycles. The number of rotatable bonds is 4. The van der Waals surface area contributed by atoms with Gasteiger partial charge in [-0.25, -0.2) is 4.98 Å².